The lowest BCUT2D eigenvalue weighted by molar-refractivity contribution is -0.385. The Morgan fingerprint density at radius 1 is 1.50 bits per heavy atom. The second-order valence-corrected chi connectivity index (χ2v) is 3.41. The standard InChI is InChI=1S/C7H4F2INO3/c8-7(9)14-4-1-2-5(10)6(3-4)11(12)13/h1-3,7H. The molecule has 7 heteroatoms. The van der Waals surface area contributed by atoms with Crippen molar-refractivity contribution in [3.63, 3.8) is 0 Å². The van der Waals surface area contributed by atoms with Gasteiger partial charge in [0, 0.05) is 0 Å². The molecule has 1 rings (SSSR count). The van der Waals surface area contributed by atoms with E-state index in [4.69, 9.17) is 0 Å². The van der Waals surface area contributed by atoms with E-state index in [2.05, 4.69) is 4.74 Å². The van der Waals surface area contributed by atoms with Crippen molar-refractivity contribution in [3.8, 4) is 5.75 Å². The number of benzene rings is 1. The monoisotopic (exact) mass is 315 g/mol. The molecular weight excluding hydrogens is 311 g/mol. The first-order valence-electron chi connectivity index (χ1n) is 3.39. The Kier molecular flexibility index (Phi) is 3.55. The van der Waals surface area contributed by atoms with E-state index in [1.165, 1.54) is 12.1 Å². The summed E-state index contributed by atoms with van der Waals surface area (Å²) in [5.74, 6) is -0.216. The Balaban J connectivity index is 3.00. The van der Waals surface area contributed by atoms with Gasteiger partial charge in [-0.3, -0.25) is 10.1 Å². The third-order valence-electron chi connectivity index (χ3n) is 1.34. The van der Waals surface area contributed by atoms with Crippen LogP contribution in [-0.4, -0.2) is 11.5 Å². The van der Waals surface area contributed by atoms with Crippen LogP contribution in [0, 0.1) is 13.7 Å². The van der Waals surface area contributed by atoms with E-state index in [9.17, 15) is 18.9 Å². The second-order valence-electron chi connectivity index (χ2n) is 2.25. The molecule has 0 radical (unpaired) electrons. The number of rotatable bonds is 3. The van der Waals surface area contributed by atoms with Crippen LogP contribution in [0.4, 0.5) is 14.5 Å². The van der Waals surface area contributed by atoms with E-state index in [1.807, 2.05) is 0 Å². The maximum atomic E-state index is 11.8. The highest BCUT2D eigenvalue weighted by Gasteiger charge is 2.14. The van der Waals surface area contributed by atoms with Crippen molar-refractivity contribution in [2.24, 2.45) is 0 Å². The number of nitro groups is 1. The number of halogens is 3. The van der Waals surface area contributed by atoms with Crippen molar-refractivity contribution in [2.45, 2.75) is 6.61 Å². The quantitative estimate of drug-likeness (QED) is 0.490. The third-order valence-corrected chi connectivity index (χ3v) is 2.25. The molecule has 0 unspecified atom stereocenters. The van der Waals surface area contributed by atoms with Crippen LogP contribution in [0.1, 0.15) is 0 Å². The summed E-state index contributed by atoms with van der Waals surface area (Å²) in [4.78, 5) is 9.76. The van der Waals surface area contributed by atoms with Gasteiger partial charge in [0.15, 0.2) is 0 Å². The topological polar surface area (TPSA) is 52.4 Å². The molecule has 0 aliphatic carbocycles. The zero-order chi connectivity index (χ0) is 10.7. The van der Waals surface area contributed by atoms with Crippen molar-refractivity contribution in [3.05, 3.63) is 31.9 Å². The lowest BCUT2D eigenvalue weighted by Gasteiger charge is -2.03. The molecular formula is C7H4F2INO3. The molecule has 0 amide bonds. The molecule has 0 fully saturated rings. The lowest BCUT2D eigenvalue weighted by Crippen LogP contribution is -2.02. The molecule has 0 saturated heterocycles. The highest BCUT2D eigenvalue weighted by atomic mass is 127. The summed E-state index contributed by atoms with van der Waals surface area (Å²) in [5, 5.41) is 10.4. The molecule has 0 saturated carbocycles. The molecule has 0 atom stereocenters. The second kappa shape index (κ2) is 4.49. The molecule has 4 nitrogen and oxygen atoms in total. The molecule has 14 heavy (non-hydrogen) atoms. The minimum Gasteiger partial charge on any atom is -0.435 e. The van der Waals surface area contributed by atoms with Crippen molar-refractivity contribution in [1.82, 2.24) is 0 Å². The Morgan fingerprint density at radius 2 is 2.14 bits per heavy atom. The van der Waals surface area contributed by atoms with Crippen LogP contribution in [0.3, 0.4) is 0 Å². The fraction of sp³-hybridized carbons (Fsp3) is 0.143. The van der Waals surface area contributed by atoms with E-state index in [1.54, 1.807) is 22.6 Å². The summed E-state index contributed by atoms with van der Waals surface area (Å²) in [7, 11) is 0. The number of alkyl halides is 2. The van der Waals surface area contributed by atoms with Crippen LogP contribution in [0.5, 0.6) is 5.75 Å². The zero-order valence-corrected chi connectivity index (χ0v) is 8.77. The van der Waals surface area contributed by atoms with Crippen molar-refractivity contribution >= 4 is 28.3 Å². The molecule has 0 aliphatic rings. The van der Waals surface area contributed by atoms with Crippen LogP contribution < -0.4 is 4.74 Å². The van der Waals surface area contributed by atoms with Crippen LogP contribution in [0.25, 0.3) is 0 Å². The average molecular weight is 315 g/mol. The maximum absolute atomic E-state index is 11.8. The van der Waals surface area contributed by atoms with Crippen LogP contribution in [0.15, 0.2) is 18.2 Å². The number of hydrogen-bond acceptors (Lipinski definition) is 3. The number of nitro benzene ring substituents is 1. The van der Waals surface area contributed by atoms with E-state index < -0.39 is 11.5 Å². The van der Waals surface area contributed by atoms with E-state index >= 15 is 0 Å². The highest BCUT2D eigenvalue weighted by Crippen LogP contribution is 2.26. The fourth-order valence-corrected chi connectivity index (χ4v) is 1.34. The van der Waals surface area contributed by atoms with Crippen LogP contribution in [-0.2, 0) is 0 Å². The van der Waals surface area contributed by atoms with Crippen molar-refractivity contribution in [1.29, 1.82) is 0 Å². The first-order chi connectivity index (χ1) is 6.50. The van der Waals surface area contributed by atoms with Gasteiger partial charge in [-0.05, 0) is 34.7 Å². The Hall–Kier alpha value is -0.990. The van der Waals surface area contributed by atoms with E-state index in [0.717, 1.165) is 6.07 Å². The molecule has 0 bridgehead atoms. The SMILES string of the molecule is O=[N+]([O-])c1cc(OC(F)F)ccc1I. The van der Waals surface area contributed by atoms with Gasteiger partial charge in [0.2, 0.25) is 0 Å². The highest BCUT2D eigenvalue weighted by molar-refractivity contribution is 14.1. The minimum atomic E-state index is -2.98. The number of hydrogen-bond donors (Lipinski definition) is 0. The maximum Gasteiger partial charge on any atom is 0.387 e. The summed E-state index contributed by atoms with van der Waals surface area (Å²) in [6, 6.07) is 3.56. The Morgan fingerprint density at radius 3 is 2.64 bits per heavy atom. The van der Waals surface area contributed by atoms with Crippen LogP contribution in [0.2, 0.25) is 0 Å². The Labute approximate surface area is 91.2 Å². The third kappa shape index (κ3) is 2.76. The largest absolute Gasteiger partial charge is 0.435 e. The van der Waals surface area contributed by atoms with Crippen molar-refractivity contribution in [2.75, 3.05) is 0 Å². The van der Waals surface area contributed by atoms with Gasteiger partial charge in [-0.25, -0.2) is 0 Å². The van der Waals surface area contributed by atoms with Crippen LogP contribution >= 0.6 is 22.6 Å². The normalized spacial score (nSPS) is 10.3. The summed E-state index contributed by atoms with van der Waals surface area (Å²) in [6.07, 6.45) is 0. The fourth-order valence-electron chi connectivity index (χ4n) is 0.809. The van der Waals surface area contributed by atoms with Gasteiger partial charge in [-0.15, -0.1) is 0 Å². The van der Waals surface area contributed by atoms with Gasteiger partial charge in [-0.1, -0.05) is 0 Å². The number of nitrogens with zero attached hydrogens (tertiary/aromatic N) is 1. The smallest absolute Gasteiger partial charge is 0.387 e. The van der Waals surface area contributed by atoms with Gasteiger partial charge in [0.05, 0.1) is 14.6 Å². The molecule has 0 N–H and O–H groups in total. The molecule has 0 aromatic heterocycles. The molecule has 0 heterocycles. The molecule has 1 aromatic rings. The first kappa shape index (κ1) is 11.1. The van der Waals surface area contributed by atoms with Gasteiger partial charge in [-0.2, -0.15) is 8.78 Å². The predicted octanol–water partition coefficient (Wildman–Crippen LogP) is 2.80. The lowest BCUT2D eigenvalue weighted by atomic mass is 10.3. The van der Waals surface area contributed by atoms with Gasteiger partial charge < -0.3 is 4.74 Å². The molecule has 0 aliphatic heterocycles. The van der Waals surface area contributed by atoms with E-state index in [-0.39, 0.29) is 11.4 Å². The molecule has 76 valence electrons. The summed E-state index contributed by atoms with van der Waals surface area (Å²) in [5.41, 5.74) is -0.247. The average Bonchev–Trinajstić information content (AvgIpc) is 2.07. The van der Waals surface area contributed by atoms with Gasteiger partial charge in [0.25, 0.3) is 5.69 Å². The number of ether oxygens (including phenoxy) is 1. The summed E-state index contributed by atoms with van der Waals surface area (Å²) in [6.45, 7) is -2.98. The Bertz CT molecular complexity index is 359. The van der Waals surface area contributed by atoms with E-state index in [0.29, 0.717) is 3.57 Å². The van der Waals surface area contributed by atoms with Gasteiger partial charge in [0.1, 0.15) is 5.75 Å². The summed E-state index contributed by atoms with van der Waals surface area (Å²) >= 11 is 1.74. The summed E-state index contributed by atoms with van der Waals surface area (Å²) < 4.78 is 27.9. The first-order valence-corrected chi connectivity index (χ1v) is 4.47. The van der Waals surface area contributed by atoms with Crippen molar-refractivity contribution < 1.29 is 18.4 Å². The predicted molar refractivity (Wildman–Crippen MR) is 52.4 cm³/mol. The molecule has 1 aromatic carbocycles. The minimum absolute atomic E-state index is 0.216. The molecule has 0 spiro atoms. The zero-order valence-electron chi connectivity index (χ0n) is 6.62. The van der Waals surface area contributed by atoms with Gasteiger partial charge >= 0.3 is 6.61 Å².